The third-order valence-electron chi connectivity index (χ3n) is 1.12. The van der Waals surface area contributed by atoms with E-state index in [1.165, 1.54) is 22.7 Å². The highest BCUT2D eigenvalue weighted by molar-refractivity contribution is 7.30. The number of thiophene rings is 1. The number of anilines is 2. The highest BCUT2D eigenvalue weighted by Gasteiger charge is 2.03. The summed E-state index contributed by atoms with van der Waals surface area (Å²) in [7, 11) is 0. The molecule has 10 heavy (non-hydrogen) atoms. The van der Waals surface area contributed by atoms with Crippen LogP contribution in [-0.4, -0.2) is 4.98 Å². The number of rotatable bonds is 0. The minimum atomic E-state index is 0.612. The Morgan fingerprint density at radius 1 is 1.30 bits per heavy atom. The molecule has 0 unspecified atom stereocenters. The fourth-order valence-electron chi connectivity index (χ4n) is 0.769. The molecule has 0 radical (unpaired) electrons. The molecule has 0 atom stereocenters. The largest absolute Gasteiger partial charge is 0.390 e. The molecule has 0 aliphatic carbocycles. The van der Waals surface area contributed by atoms with Gasteiger partial charge in [0, 0.05) is 0 Å². The highest BCUT2D eigenvalue weighted by Crippen LogP contribution is 2.32. The molecule has 5 heteroatoms. The van der Waals surface area contributed by atoms with Gasteiger partial charge >= 0.3 is 0 Å². The zero-order valence-electron chi connectivity index (χ0n) is 5.00. The van der Waals surface area contributed by atoms with Crippen molar-refractivity contribution in [2.24, 2.45) is 0 Å². The van der Waals surface area contributed by atoms with Crippen LogP contribution in [-0.2, 0) is 0 Å². The molecule has 0 fully saturated rings. The van der Waals surface area contributed by atoms with E-state index in [4.69, 9.17) is 11.5 Å². The van der Waals surface area contributed by atoms with E-state index in [2.05, 4.69) is 4.98 Å². The van der Waals surface area contributed by atoms with Crippen molar-refractivity contribution in [3.63, 3.8) is 0 Å². The Morgan fingerprint density at radius 3 is 2.80 bits per heavy atom. The molecule has 52 valence electrons. The fraction of sp³-hybridized carbons (Fsp3) is 0. The molecule has 4 N–H and O–H groups in total. The Kier molecular flexibility index (Phi) is 1.09. The number of hydrogen-bond acceptors (Lipinski definition) is 5. The van der Waals surface area contributed by atoms with Crippen molar-refractivity contribution in [1.29, 1.82) is 0 Å². The smallest absolute Gasteiger partial charge is 0.181 e. The lowest BCUT2D eigenvalue weighted by Crippen LogP contribution is -1.78. The van der Waals surface area contributed by atoms with Crippen molar-refractivity contribution < 1.29 is 0 Å². The van der Waals surface area contributed by atoms with Crippen LogP contribution in [0.1, 0.15) is 0 Å². The molecule has 2 aromatic rings. The van der Waals surface area contributed by atoms with Gasteiger partial charge in [-0.15, -0.1) is 0 Å². The predicted molar refractivity (Wildman–Crippen MR) is 46.3 cm³/mol. The van der Waals surface area contributed by atoms with Crippen molar-refractivity contribution in [2.45, 2.75) is 0 Å². The molecule has 0 aromatic carbocycles. The molecule has 0 amide bonds. The Morgan fingerprint density at radius 2 is 2.10 bits per heavy atom. The second-order valence-electron chi connectivity index (χ2n) is 1.87. The van der Waals surface area contributed by atoms with E-state index >= 15 is 0 Å². The third kappa shape index (κ3) is 0.748. The Bertz CT molecular complexity index is 299. The van der Waals surface area contributed by atoms with Crippen molar-refractivity contribution in [3.05, 3.63) is 6.07 Å². The van der Waals surface area contributed by atoms with Crippen LogP contribution in [0.25, 0.3) is 9.53 Å². The molecule has 0 spiro atoms. The summed E-state index contributed by atoms with van der Waals surface area (Å²) in [6.07, 6.45) is 0. The summed E-state index contributed by atoms with van der Waals surface area (Å²) in [6, 6.07) is 1.90. The van der Waals surface area contributed by atoms with Crippen molar-refractivity contribution >= 4 is 42.3 Å². The topological polar surface area (TPSA) is 64.9 Å². The molecule has 0 aliphatic heterocycles. The maximum atomic E-state index is 5.53. The molecule has 0 saturated carbocycles. The Labute approximate surface area is 65.3 Å². The van der Waals surface area contributed by atoms with Crippen molar-refractivity contribution in [1.82, 2.24) is 4.98 Å². The van der Waals surface area contributed by atoms with Crippen LogP contribution in [0.15, 0.2) is 6.07 Å². The zero-order chi connectivity index (χ0) is 7.14. The maximum absolute atomic E-state index is 5.53. The molecule has 2 rings (SSSR count). The van der Waals surface area contributed by atoms with Gasteiger partial charge < -0.3 is 11.5 Å². The van der Waals surface area contributed by atoms with Crippen molar-refractivity contribution in [3.8, 4) is 0 Å². The summed E-state index contributed by atoms with van der Waals surface area (Å²) >= 11 is 2.94. The summed E-state index contributed by atoms with van der Waals surface area (Å²) in [6.45, 7) is 0. The van der Waals surface area contributed by atoms with E-state index in [-0.39, 0.29) is 0 Å². The number of nitrogens with zero attached hydrogens (tertiary/aromatic N) is 1. The molecule has 0 aliphatic rings. The first-order valence-electron chi connectivity index (χ1n) is 2.67. The van der Waals surface area contributed by atoms with Gasteiger partial charge in [-0.05, 0) is 6.07 Å². The van der Waals surface area contributed by atoms with Gasteiger partial charge in [0.15, 0.2) is 5.13 Å². The van der Waals surface area contributed by atoms with E-state index in [0.29, 0.717) is 5.13 Å². The molecular formula is C5H5N3S2. The first-order valence-corrected chi connectivity index (χ1v) is 4.30. The summed E-state index contributed by atoms with van der Waals surface area (Å²) in [4.78, 5) is 5.01. The van der Waals surface area contributed by atoms with Gasteiger partial charge in [0.05, 0.1) is 9.70 Å². The van der Waals surface area contributed by atoms with Gasteiger partial charge in [-0.25, -0.2) is 4.98 Å². The van der Waals surface area contributed by atoms with Gasteiger partial charge in [-0.3, -0.25) is 0 Å². The van der Waals surface area contributed by atoms with Gasteiger partial charge in [0.25, 0.3) is 0 Å². The zero-order valence-corrected chi connectivity index (χ0v) is 6.63. The standard InChI is InChI=1S/C5H5N3S2/c6-3-1-2-4(10-3)8-5(7)9-2/h1H,6H2,(H2,7,8). The van der Waals surface area contributed by atoms with E-state index in [9.17, 15) is 0 Å². The molecule has 2 aromatic heterocycles. The van der Waals surface area contributed by atoms with Gasteiger partial charge in [0.2, 0.25) is 0 Å². The summed E-state index contributed by atoms with van der Waals surface area (Å²) < 4.78 is 1.08. The normalized spacial score (nSPS) is 10.8. The number of hydrogen-bond donors (Lipinski definition) is 2. The molecule has 0 saturated heterocycles. The minimum Gasteiger partial charge on any atom is -0.390 e. The lowest BCUT2D eigenvalue weighted by molar-refractivity contribution is 1.53. The van der Waals surface area contributed by atoms with E-state index in [1.54, 1.807) is 0 Å². The second kappa shape index (κ2) is 1.83. The van der Waals surface area contributed by atoms with Crippen LogP contribution in [0.5, 0.6) is 0 Å². The average molecular weight is 171 g/mol. The predicted octanol–water partition coefficient (Wildman–Crippen LogP) is 1.52. The molecular weight excluding hydrogens is 166 g/mol. The van der Waals surface area contributed by atoms with E-state index in [1.807, 2.05) is 6.07 Å². The van der Waals surface area contributed by atoms with E-state index in [0.717, 1.165) is 14.5 Å². The van der Waals surface area contributed by atoms with Crippen LogP contribution in [0.4, 0.5) is 10.1 Å². The van der Waals surface area contributed by atoms with Crippen LogP contribution < -0.4 is 11.5 Å². The second-order valence-corrected chi connectivity index (χ2v) is 3.99. The van der Waals surface area contributed by atoms with E-state index < -0.39 is 0 Å². The lowest BCUT2D eigenvalue weighted by atomic mass is 10.6. The minimum absolute atomic E-state index is 0.612. The summed E-state index contributed by atoms with van der Waals surface area (Å²) in [5, 5.41) is 1.41. The Hall–Kier alpha value is -0.810. The number of thiazole rings is 1. The van der Waals surface area contributed by atoms with Crippen molar-refractivity contribution in [2.75, 3.05) is 11.5 Å². The fourth-order valence-corrected chi connectivity index (χ4v) is 2.54. The van der Waals surface area contributed by atoms with Gasteiger partial charge in [-0.2, -0.15) is 0 Å². The van der Waals surface area contributed by atoms with Crippen LogP contribution in [0.2, 0.25) is 0 Å². The number of fused-ring (bicyclic) bond motifs is 1. The van der Waals surface area contributed by atoms with Crippen LogP contribution >= 0.6 is 22.7 Å². The third-order valence-corrected chi connectivity index (χ3v) is 2.94. The highest BCUT2D eigenvalue weighted by atomic mass is 32.1. The first-order chi connectivity index (χ1) is 4.75. The van der Waals surface area contributed by atoms with Gasteiger partial charge in [0.1, 0.15) is 4.83 Å². The van der Waals surface area contributed by atoms with Gasteiger partial charge in [-0.1, -0.05) is 22.7 Å². The Balaban J connectivity index is 2.83. The lowest BCUT2D eigenvalue weighted by Gasteiger charge is -1.75. The van der Waals surface area contributed by atoms with Crippen LogP contribution in [0.3, 0.4) is 0 Å². The monoisotopic (exact) mass is 171 g/mol. The number of nitrogen functional groups attached to an aromatic ring is 2. The first kappa shape index (κ1) is 5.94. The summed E-state index contributed by atoms with van der Waals surface area (Å²) in [5.74, 6) is 0. The molecule has 0 bridgehead atoms. The quantitative estimate of drug-likeness (QED) is 0.631. The number of nitrogens with two attached hydrogens (primary N) is 2. The molecule has 3 nitrogen and oxygen atoms in total. The molecule has 2 heterocycles. The summed E-state index contributed by atoms with van der Waals surface area (Å²) in [5.41, 5.74) is 11.0. The van der Waals surface area contributed by atoms with Crippen LogP contribution in [0, 0.1) is 0 Å². The number of aromatic nitrogens is 1. The maximum Gasteiger partial charge on any atom is 0.181 e. The SMILES string of the molecule is Nc1cc2sc(N)nc2s1. The average Bonchev–Trinajstić information content (AvgIpc) is 2.21.